The largest absolute Gasteiger partial charge is 0.380 e. The van der Waals surface area contributed by atoms with E-state index in [-0.39, 0.29) is 0 Å². The SMILES string of the molecule is CC.CC.CCCCCC.CSC1CCOC1. The van der Waals surface area contributed by atoms with Gasteiger partial charge in [-0.15, -0.1) is 0 Å². The molecule has 0 bridgehead atoms. The monoisotopic (exact) mass is 264 g/mol. The molecule has 0 amide bonds. The van der Waals surface area contributed by atoms with Crippen molar-refractivity contribution in [2.24, 2.45) is 0 Å². The maximum Gasteiger partial charge on any atom is 0.0585 e. The molecular weight excluding hydrogens is 228 g/mol. The zero-order chi connectivity index (χ0) is 13.9. The minimum Gasteiger partial charge on any atom is -0.380 e. The molecule has 1 rings (SSSR count). The standard InChI is InChI=1S/C6H14.C5H10OS.2C2H6/c1-3-5-6-4-2;1-7-5-2-3-6-4-5;2*1-2/h3-6H2,1-2H3;5H,2-4H2,1H3;2*1-2H3. The van der Waals surface area contributed by atoms with Crippen LogP contribution in [0.1, 0.15) is 73.6 Å². The summed E-state index contributed by atoms with van der Waals surface area (Å²) in [4.78, 5) is 0. The van der Waals surface area contributed by atoms with Crippen LogP contribution in [0.2, 0.25) is 0 Å². The molecule has 1 atom stereocenters. The van der Waals surface area contributed by atoms with Crippen LogP contribution in [0.3, 0.4) is 0 Å². The summed E-state index contributed by atoms with van der Waals surface area (Å²) >= 11 is 1.91. The maximum absolute atomic E-state index is 5.13. The summed E-state index contributed by atoms with van der Waals surface area (Å²) in [6, 6.07) is 0. The molecule has 0 radical (unpaired) electrons. The van der Waals surface area contributed by atoms with E-state index >= 15 is 0 Å². The molecule has 0 spiro atoms. The highest BCUT2D eigenvalue weighted by atomic mass is 32.2. The van der Waals surface area contributed by atoms with Gasteiger partial charge in [0.2, 0.25) is 0 Å². The fourth-order valence-corrected chi connectivity index (χ4v) is 1.76. The highest BCUT2D eigenvalue weighted by molar-refractivity contribution is 7.99. The predicted molar refractivity (Wildman–Crippen MR) is 85.3 cm³/mol. The molecule has 0 aromatic carbocycles. The third-order valence-corrected chi connectivity index (χ3v) is 3.22. The zero-order valence-electron chi connectivity index (χ0n) is 13.3. The average Bonchev–Trinajstić information content (AvgIpc) is 2.95. The minimum absolute atomic E-state index is 0.792. The first-order valence-electron chi connectivity index (χ1n) is 7.45. The van der Waals surface area contributed by atoms with Crippen LogP contribution in [0.25, 0.3) is 0 Å². The minimum atomic E-state index is 0.792. The summed E-state index contributed by atoms with van der Waals surface area (Å²) in [5.74, 6) is 0. The van der Waals surface area contributed by atoms with E-state index in [4.69, 9.17) is 4.74 Å². The van der Waals surface area contributed by atoms with Gasteiger partial charge in [0.15, 0.2) is 0 Å². The van der Waals surface area contributed by atoms with Gasteiger partial charge in [0.05, 0.1) is 6.61 Å². The quantitative estimate of drug-likeness (QED) is 0.595. The lowest BCUT2D eigenvalue weighted by molar-refractivity contribution is 0.199. The first-order chi connectivity index (χ1) is 8.35. The van der Waals surface area contributed by atoms with Gasteiger partial charge in [0, 0.05) is 11.9 Å². The van der Waals surface area contributed by atoms with Crippen molar-refractivity contribution < 1.29 is 4.74 Å². The third-order valence-electron chi connectivity index (χ3n) is 2.18. The molecule has 0 aromatic heterocycles. The molecule has 1 aliphatic heterocycles. The second-order valence-electron chi connectivity index (χ2n) is 3.43. The van der Waals surface area contributed by atoms with Crippen LogP contribution in [-0.2, 0) is 4.74 Å². The first kappa shape index (κ1) is 22.5. The first-order valence-corrected chi connectivity index (χ1v) is 8.74. The van der Waals surface area contributed by atoms with Gasteiger partial charge in [-0.2, -0.15) is 11.8 Å². The number of hydrogen-bond acceptors (Lipinski definition) is 2. The molecule has 0 N–H and O–H groups in total. The number of unbranched alkanes of at least 4 members (excludes halogenated alkanes) is 3. The molecule has 1 aliphatic rings. The molecule has 2 heteroatoms. The summed E-state index contributed by atoms with van der Waals surface area (Å²) in [6.07, 6.45) is 8.93. The topological polar surface area (TPSA) is 9.23 Å². The number of rotatable bonds is 4. The lowest BCUT2D eigenvalue weighted by atomic mass is 10.2. The summed E-state index contributed by atoms with van der Waals surface area (Å²) in [5, 5.41) is 0.792. The molecule has 1 nitrogen and oxygen atoms in total. The highest BCUT2D eigenvalue weighted by Gasteiger charge is 2.12. The van der Waals surface area contributed by atoms with E-state index < -0.39 is 0 Å². The number of ether oxygens (including phenoxy) is 1. The van der Waals surface area contributed by atoms with Crippen molar-refractivity contribution in [2.45, 2.75) is 78.9 Å². The molecule has 0 saturated carbocycles. The molecule has 17 heavy (non-hydrogen) atoms. The molecule has 1 unspecified atom stereocenters. The van der Waals surface area contributed by atoms with Crippen LogP contribution in [0, 0.1) is 0 Å². The van der Waals surface area contributed by atoms with E-state index in [9.17, 15) is 0 Å². The lowest BCUT2D eigenvalue weighted by Gasteiger charge is -1.97. The van der Waals surface area contributed by atoms with E-state index in [1.54, 1.807) is 0 Å². The average molecular weight is 265 g/mol. The Morgan fingerprint density at radius 1 is 1.00 bits per heavy atom. The van der Waals surface area contributed by atoms with E-state index in [0.717, 1.165) is 18.5 Å². The van der Waals surface area contributed by atoms with Crippen LogP contribution >= 0.6 is 11.8 Å². The molecular formula is C15H36OS. The van der Waals surface area contributed by atoms with Gasteiger partial charge in [-0.3, -0.25) is 0 Å². The Morgan fingerprint density at radius 2 is 1.47 bits per heavy atom. The molecule has 0 aliphatic carbocycles. The fourth-order valence-electron chi connectivity index (χ4n) is 1.20. The van der Waals surface area contributed by atoms with Gasteiger partial charge < -0.3 is 4.74 Å². The van der Waals surface area contributed by atoms with Crippen LogP contribution in [-0.4, -0.2) is 24.7 Å². The lowest BCUT2D eigenvalue weighted by Crippen LogP contribution is -1.97. The van der Waals surface area contributed by atoms with Crippen molar-refractivity contribution in [3.05, 3.63) is 0 Å². The molecule has 1 saturated heterocycles. The van der Waals surface area contributed by atoms with Crippen molar-refractivity contribution in [1.82, 2.24) is 0 Å². The Balaban J connectivity index is -0.000000180. The molecule has 1 heterocycles. The highest BCUT2D eigenvalue weighted by Crippen LogP contribution is 2.16. The maximum atomic E-state index is 5.13. The zero-order valence-corrected chi connectivity index (χ0v) is 14.2. The van der Waals surface area contributed by atoms with Gasteiger partial charge in [0.1, 0.15) is 0 Å². The van der Waals surface area contributed by atoms with E-state index in [2.05, 4.69) is 20.1 Å². The molecule has 1 fully saturated rings. The van der Waals surface area contributed by atoms with Crippen molar-refractivity contribution in [1.29, 1.82) is 0 Å². The Bertz CT molecular complexity index is 86.9. The van der Waals surface area contributed by atoms with E-state index in [0.29, 0.717) is 0 Å². The van der Waals surface area contributed by atoms with Crippen LogP contribution in [0.4, 0.5) is 0 Å². The van der Waals surface area contributed by atoms with Gasteiger partial charge in [0.25, 0.3) is 0 Å². The third kappa shape index (κ3) is 22.0. The van der Waals surface area contributed by atoms with E-state index in [1.807, 2.05) is 39.5 Å². The predicted octanol–water partition coefficient (Wildman–Crippen LogP) is 5.78. The van der Waals surface area contributed by atoms with Crippen LogP contribution < -0.4 is 0 Å². The Kier molecular flexibility index (Phi) is 33.4. The van der Waals surface area contributed by atoms with Crippen molar-refractivity contribution in [3.8, 4) is 0 Å². The summed E-state index contributed by atoms with van der Waals surface area (Å²) < 4.78 is 5.13. The van der Waals surface area contributed by atoms with Crippen molar-refractivity contribution in [3.63, 3.8) is 0 Å². The summed E-state index contributed by atoms with van der Waals surface area (Å²) in [7, 11) is 0. The Hall–Kier alpha value is 0.310. The summed E-state index contributed by atoms with van der Waals surface area (Å²) in [6.45, 7) is 14.4. The number of thioether (sulfide) groups is 1. The fraction of sp³-hybridized carbons (Fsp3) is 1.00. The summed E-state index contributed by atoms with van der Waals surface area (Å²) in [5.41, 5.74) is 0. The second kappa shape index (κ2) is 25.2. The normalized spacial score (nSPS) is 16.8. The molecule has 0 aromatic rings. The van der Waals surface area contributed by atoms with Crippen molar-refractivity contribution >= 4 is 11.8 Å². The van der Waals surface area contributed by atoms with Gasteiger partial charge in [-0.1, -0.05) is 67.2 Å². The van der Waals surface area contributed by atoms with Gasteiger partial charge >= 0.3 is 0 Å². The Labute approximate surface area is 115 Å². The van der Waals surface area contributed by atoms with Crippen molar-refractivity contribution in [2.75, 3.05) is 19.5 Å². The van der Waals surface area contributed by atoms with E-state index in [1.165, 1.54) is 32.1 Å². The number of hydrogen-bond donors (Lipinski definition) is 0. The Morgan fingerprint density at radius 3 is 1.65 bits per heavy atom. The second-order valence-corrected chi connectivity index (χ2v) is 4.57. The van der Waals surface area contributed by atoms with Crippen LogP contribution in [0.5, 0.6) is 0 Å². The van der Waals surface area contributed by atoms with Crippen LogP contribution in [0.15, 0.2) is 0 Å². The van der Waals surface area contributed by atoms with Gasteiger partial charge in [-0.05, 0) is 12.7 Å². The smallest absolute Gasteiger partial charge is 0.0585 e. The van der Waals surface area contributed by atoms with Gasteiger partial charge in [-0.25, -0.2) is 0 Å². The molecule has 108 valence electrons.